The van der Waals surface area contributed by atoms with E-state index in [0.29, 0.717) is 9.47 Å². The molecule has 0 atom stereocenters. The van der Waals surface area contributed by atoms with E-state index in [0.717, 1.165) is 11.3 Å². The Morgan fingerprint density at radius 1 is 1.17 bits per heavy atom. The Kier molecular flexibility index (Phi) is 91.1. The van der Waals surface area contributed by atoms with Crippen molar-refractivity contribution >= 4 is 174 Å². The van der Waals surface area contributed by atoms with Crippen LogP contribution in [0, 0.1) is 32.4 Å². The largest absolute Gasteiger partial charge is 0 e. The fourth-order valence-corrected chi connectivity index (χ4v) is 0.605. The van der Waals surface area contributed by atoms with Crippen molar-refractivity contribution in [2.24, 2.45) is 5.73 Å². The van der Waals surface area contributed by atoms with Gasteiger partial charge in [-0.2, -0.15) is 16.2 Å². The van der Waals surface area contributed by atoms with Crippen LogP contribution in [0.1, 0.15) is 38.6 Å². The zero-order valence-corrected chi connectivity index (χ0v) is 37.2. The first-order chi connectivity index (χ1) is 11.8. The minimum absolute atomic E-state index is 0. The molecule has 5 nitrogen and oxygen atoms in total. The molecule has 0 bridgehead atoms. The number of aryl methyl sites for hydroxylation is 2. The van der Waals surface area contributed by atoms with Gasteiger partial charge in [0.15, 0.2) is 0 Å². The normalized spacial score (nSPS) is 7.00. The maximum atomic E-state index is 9.09. The molecule has 0 aromatic carbocycles. The summed E-state index contributed by atoms with van der Waals surface area (Å²) in [5, 5.41) is 13.8. The van der Waals surface area contributed by atoms with Gasteiger partial charge >= 0.3 is 114 Å². The number of halogens is 9. The number of aromatic nitrogens is 2. The van der Waals surface area contributed by atoms with Crippen LogP contribution in [0.2, 0.25) is 0 Å². The molecule has 0 radical (unpaired) electrons. The third-order valence-corrected chi connectivity index (χ3v) is 1.52. The van der Waals surface area contributed by atoms with E-state index < -0.39 is 9.23 Å². The molecule has 0 aliphatic rings. The predicted molar refractivity (Wildman–Crippen MR) is 184 cm³/mol. The quantitative estimate of drug-likeness (QED) is 0.0891. The number of nitrogens with two attached hydrogens (primary N) is 1. The molecule has 0 aliphatic heterocycles. The number of hydrogen-bond acceptors (Lipinski definition) is 4. The van der Waals surface area contributed by atoms with Crippen molar-refractivity contribution in [2.45, 2.75) is 42.5 Å². The standard InChI is InChI=1S/C7H9N2.C2H6N2.2CH4.Cl2OS.I2.5HI.2V.W/c1-5-4-8-9-7(3)6(5)2;1-2(3)4;;;1-4(2)3;1-2;;;;;;;;/h1-3H3;1H3,(H3,3,4);2*1H4;;;5*1H;;;/q-1;;;;;;;;;;;+2;+3;/p-5. The van der Waals surface area contributed by atoms with Gasteiger partial charge in [0.1, 0.15) is 0 Å². The molecule has 0 amide bonds. The molecule has 1 aromatic heterocycles. The van der Waals surface area contributed by atoms with Crippen LogP contribution in [0.25, 0.3) is 0 Å². The van der Waals surface area contributed by atoms with E-state index in [4.69, 9.17) is 15.4 Å². The van der Waals surface area contributed by atoms with Gasteiger partial charge < -0.3 is 5.73 Å². The van der Waals surface area contributed by atoms with Crippen molar-refractivity contribution in [1.29, 1.82) is 5.41 Å². The van der Waals surface area contributed by atoms with E-state index in [1.54, 1.807) is 0 Å². The minimum atomic E-state index is -1.67. The van der Waals surface area contributed by atoms with Crippen LogP contribution < -0.4 is 5.73 Å². The van der Waals surface area contributed by atoms with Gasteiger partial charge in [-0.05, 0) is 19.5 Å². The van der Waals surface area contributed by atoms with Gasteiger partial charge in [-0.25, -0.2) is 4.21 Å². The average Bonchev–Trinajstić information content (AvgIpc) is 2.46. The zero-order valence-electron chi connectivity index (χ0n) is 14.0. The molecule has 0 fully saturated rings. The van der Waals surface area contributed by atoms with E-state index in [1.807, 2.05) is 20.8 Å². The van der Waals surface area contributed by atoms with Crippen LogP contribution in [0.4, 0.5) is 0 Å². The van der Waals surface area contributed by atoms with Gasteiger partial charge in [0, 0.05) is 79.7 Å². The summed E-state index contributed by atoms with van der Waals surface area (Å²) in [6.45, 7) is 7.48. The number of amidine groups is 1. The third kappa shape index (κ3) is 86.9. The van der Waals surface area contributed by atoms with Gasteiger partial charge in [-0.1, -0.05) is 21.8 Å². The van der Waals surface area contributed by atoms with Crippen LogP contribution in [-0.4, -0.2) is 20.2 Å². The average molecular weight is 1500 g/mol. The van der Waals surface area contributed by atoms with Crippen molar-refractivity contribution in [1.82, 2.24) is 10.2 Å². The molecule has 0 unspecified atom stereocenters. The molecule has 0 saturated carbocycles. The van der Waals surface area contributed by atoms with Crippen molar-refractivity contribution in [3.05, 3.63) is 23.0 Å². The summed E-state index contributed by atoms with van der Waals surface area (Å²) in [5.74, 6) is 0.167. The number of hydrogen-bond donors (Lipinski definition) is 2. The minimum Gasteiger partial charge on any atom is 0 e. The molecule has 0 aliphatic carbocycles. The van der Waals surface area contributed by atoms with Gasteiger partial charge in [0.2, 0.25) is 9.23 Å². The van der Waals surface area contributed by atoms with Gasteiger partial charge in [-0.3, -0.25) is 10.5 Å². The second kappa shape index (κ2) is 47.4. The van der Waals surface area contributed by atoms with Gasteiger partial charge in [0.25, 0.3) is 0 Å². The van der Waals surface area contributed by atoms with Gasteiger partial charge in [0.05, 0.1) is 5.84 Å². The third-order valence-electron chi connectivity index (χ3n) is 1.52. The molecular formula is C11H23Cl2I7N4OSV2W-. The molecule has 1 heterocycles. The number of nitrogens with one attached hydrogen (secondary N) is 1. The van der Waals surface area contributed by atoms with Crippen LogP contribution in [0.5, 0.6) is 0 Å². The molecule has 29 heavy (non-hydrogen) atoms. The number of nitrogens with zero attached hydrogens (tertiary/aromatic N) is 2. The monoisotopic (exact) mass is 1500 g/mol. The Bertz CT molecular complexity index is 436. The second-order valence-corrected chi connectivity index (χ2v) is 53.0. The molecular weight excluding hydrogens is 1480 g/mol. The first-order valence-corrected chi connectivity index (χ1v) is 37.0. The van der Waals surface area contributed by atoms with E-state index in [-0.39, 0.29) is 46.7 Å². The van der Waals surface area contributed by atoms with Crippen LogP contribution >= 0.6 is 158 Å². The second-order valence-electron chi connectivity index (χ2n) is 3.27. The van der Waals surface area contributed by atoms with E-state index in [2.05, 4.69) is 175 Å². The van der Waals surface area contributed by atoms with Crippen LogP contribution in [0.3, 0.4) is 0 Å². The van der Waals surface area contributed by atoms with Crippen LogP contribution in [0.15, 0.2) is 0 Å². The van der Waals surface area contributed by atoms with Crippen molar-refractivity contribution < 1.29 is 39.7 Å². The Labute approximate surface area is 292 Å². The fraction of sp³-hybridized carbons (Fsp3) is 0.545. The molecule has 3 N–H and O–H groups in total. The van der Waals surface area contributed by atoms with Crippen LogP contribution in [-0.2, 0) is 44.7 Å². The van der Waals surface area contributed by atoms with Crippen molar-refractivity contribution in [3.8, 4) is 0 Å². The Morgan fingerprint density at radius 3 is 1.52 bits per heavy atom. The Hall–Kier alpha value is 6.25. The molecule has 179 valence electrons. The molecule has 0 spiro atoms. The zero-order chi connectivity index (χ0) is 22.3. The van der Waals surface area contributed by atoms with Crippen molar-refractivity contribution in [3.63, 3.8) is 0 Å². The number of rotatable bonds is 0. The molecule has 1 rings (SSSR count). The summed E-state index contributed by atoms with van der Waals surface area (Å²) in [7, 11) is 7.99. The smallest absolute Gasteiger partial charge is 0 e. The molecule has 1 aromatic rings. The van der Waals surface area contributed by atoms with Gasteiger partial charge in [-0.15, -0.1) is 13.1 Å². The Balaban J connectivity index is -0.0000000323. The SMILES string of the molecule is C.C.CC(=N)N.Cc1[c-]nnc(C)c1C.II.O=S(Cl)Cl.[I][V]([I])[I].[I][V][I].[W]. The van der Waals surface area contributed by atoms with E-state index in [9.17, 15) is 0 Å². The topological polar surface area (TPSA) is 92.7 Å². The summed E-state index contributed by atoms with van der Waals surface area (Å²) in [6.07, 6.45) is 2.78. The first kappa shape index (κ1) is 55.7. The van der Waals surface area contributed by atoms with E-state index >= 15 is 0 Å². The molecule has 18 heteroatoms. The summed E-state index contributed by atoms with van der Waals surface area (Å²) < 4.78 is 9.09. The molecule has 0 saturated heterocycles. The van der Waals surface area contributed by atoms with Crippen molar-refractivity contribution in [2.75, 3.05) is 0 Å². The first-order valence-electron chi connectivity index (χ1n) is 5.40. The summed E-state index contributed by atoms with van der Waals surface area (Å²) in [6, 6.07) is 0. The predicted octanol–water partition coefficient (Wildman–Crippen LogP) is 9.65. The maximum Gasteiger partial charge on any atom is 0 e. The summed E-state index contributed by atoms with van der Waals surface area (Å²) in [5.41, 5.74) is 7.96. The fourth-order valence-electron chi connectivity index (χ4n) is 0.605. The maximum absolute atomic E-state index is 9.09. The van der Waals surface area contributed by atoms with E-state index in [1.165, 1.54) is 12.5 Å². The summed E-state index contributed by atoms with van der Waals surface area (Å²) in [4.78, 5) is -0.278. The Morgan fingerprint density at radius 2 is 1.38 bits per heavy atom. The summed E-state index contributed by atoms with van der Waals surface area (Å²) >= 11 is 16.4.